The van der Waals surface area contributed by atoms with Crippen LogP contribution in [-0.2, 0) is 4.79 Å². The van der Waals surface area contributed by atoms with Crippen LogP contribution in [0.25, 0.3) is 0 Å². The molecule has 0 radical (unpaired) electrons. The monoisotopic (exact) mass is 410 g/mol. The van der Waals surface area contributed by atoms with Crippen molar-refractivity contribution in [1.82, 2.24) is 20.1 Å². The zero-order chi connectivity index (χ0) is 21.5. The molecule has 8 nitrogen and oxygen atoms in total. The van der Waals surface area contributed by atoms with E-state index in [0.717, 1.165) is 6.42 Å². The molecule has 8 heteroatoms. The summed E-state index contributed by atoms with van der Waals surface area (Å²) in [6.45, 7) is 9.63. The summed E-state index contributed by atoms with van der Waals surface area (Å²) >= 11 is 0. The molecule has 3 aliphatic rings. The maximum atomic E-state index is 13.3. The van der Waals surface area contributed by atoms with Crippen molar-refractivity contribution in [1.29, 1.82) is 5.26 Å². The largest absolute Gasteiger partial charge is 0.353 e. The molecule has 3 fully saturated rings. The Kier molecular flexibility index (Phi) is 5.18. The number of pyridine rings is 1. The molecule has 1 aliphatic carbocycles. The van der Waals surface area contributed by atoms with Crippen molar-refractivity contribution in [2.24, 2.45) is 11.3 Å². The molecule has 0 bridgehead atoms. The third kappa shape index (κ3) is 3.74. The highest BCUT2D eigenvalue weighted by molar-refractivity contribution is 6.07. The van der Waals surface area contributed by atoms with Crippen molar-refractivity contribution >= 4 is 17.8 Å². The van der Waals surface area contributed by atoms with Gasteiger partial charge in [-0.3, -0.25) is 9.69 Å². The number of amides is 3. The molecule has 2 aliphatic heterocycles. The maximum absolute atomic E-state index is 13.3. The lowest BCUT2D eigenvalue weighted by Gasteiger charge is -2.44. The number of nitrogens with one attached hydrogen (secondary N) is 1. The second-order valence-electron chi connectivity index (χ2n) is 9.83. The second-order valence-corrected chi connectivity index (χ2v) is 9.83. The molecule has 1 spiro atoms. The zero-order valence-corrected chi connectivity index (χ0v) is 18.0. The average molecular weight is 411 g/mol. The molecule has 1 aromatic heterocycles. The Morgan fingerprint density at radius 3 is 2.63 bits per heavy atom. The van der Waals surface area contributed by atoms with Gasteiger partial charge in [-0.15, -0.1) is 0 Å². The predicted octanol–water partition coefficient (Wildman–Crippen LogP) is 2.17. The van der Waals surface area contributed by atoms with Crippen LogP contribution in [0.15, 0.2) is 18.3 Å². The lowest BCUT2D eigenvalue weighted by molar-refractivity contribution is -0.136. The smallest absolute Gasteiger partial charge is 0.326 e. The number of nitriles is 1. The first-order chi connectivity index (χ1) is 14.2. The van der Waals surface area contributed by atoms with Gasteiger partial charge in [0.25, 0.3) is 5.91 Å². The van der Waals surface area contributed by atoms with E-state index in [4.69, 9.17) is 0 Å². The summed E-state index contributed by atoms with van der Waals surface area (Å²) in [5.41, 5.74) is -0.157. The van der Waals surface area contributed by atoms with Gasteiger partial charge in [0.2, 0.25) is 0 Å². The van der Waals surface area contributed by atoms with Crippen LogP contribution < -0.4 is 10.2 Å². The molecule has 2 unspecified atom stereocenters. The van der Waals surface area contributed by atoms with E-state index in [9.17, 15) is 14.9 Å². The molecule has 2 atom stereocenters. The molecule has 160 valence electrons. The van der Waals surface area contributed by atoms with Crippen LogP contribution in [0.1, 0.15) is 45.6 Å². The molecule has 1 saturated carbocycles. The quantitative estimate of drug-likeness (QED) is 0.768. The molecule has 4 rings (SSSR count). The van der Waals surface area contributed by atoms with Crippen LogP contribution >= 0.6 is 0 Å². The first kappa shape index (κ1) is 20.6. The third-order valence-electron chi connectivity index (χ3n) is 6.54. The summed E-state index contributed by atoms with van der Waals surface area (Å²) in [5, 5.41) is 12.4. The number of carbonyl (C=O) groups is 2. The standard InChI is InChI=1S/C22H30N6O2/c1-16-11-21(2,3)14-22(12-16)19(29)28(20(30)25-22)15-26-7-9-27(10-8-26)18-17(13-23)5-4-6-24-18/h4-6,16H,7-12,14-15H2,1-3H3,(H,25,30). The Morgan fingerprint density at radius 2 is 1.97 bits per heavy atom. The number of hydrogen-bond donors (Lipinski definition) is 1. The van der Waals surface area contributed by atoms with Gasteiger partial charge in [0.15, 0.2) is 0 Å². The van der Waals surface area contributed by atoms with Crippen LogP contribution in [0.2, 0.25) is 0 Å². The summed E-state index contributed by atoms with van der Waals surface area (Å²) in [6, 6.07) is 5.45. The van der Waals surface area contributed by atoms with Crippen molar-refractivity contribution in [2.45, 2.75) is 45.6 Å². The van der Waals surface area contributed by atoms with Gasteiger partial charge in [-0.25, -0.2) is 14.7 Å². The topological polar surface area (TPSA) is 92.6 Å². The van der Waals surface area contributed by atoms with Gasteiger partial charge in [-0.1, -0.05) is 20.8 Å². The van der Waals surface area contributed by atoms with Gasteiger partial charge in [0.05, 0.1) is 12.2 Å². The van der Waals surface area contributed by atoms with Crippen LogP contribution in [0.4, 0.5) is 10.6 Å². The number of carbonyl (C=O) groups excluding carboxylic acids is 2. The number of anilines is 1. The Labute approximate surface area is 177 Å². The summed E-state index contributed by atoms with van der Waals surface area (Å²) in [5.74, 6) is 1.02. The highest BCUT2D eigenvalue weighted by atomic mass is 16.2. The number of hydrogen-bond acceptors (Lipinski definition) is 6. The number of imide groups is 1. The molecular weight excluding hydrogens is 380 g/mol. The minimum absolute atomic E-state index is 0.0311. The Balaban J connectivity index is 1.40. The van der Waals surface area contributed by atoms with Gasteiger partial charge in [-0.2, -0.15) is 5.26 Å². The van der Waals surface area contributed by atoms with Crippen LogP contribution in [-0.4, -0.2) is 65.1 Å². The van der Waals surface area contributed by atoms with E-state index in [1.54, 1.807) is 18.3 Å². The Morgan fingerprint density at radius 1 is 1.23 bits per heavy atom. The normalized spacial score (nSPS) is 29.2. The fourth-order valence-corrected chi connectivity index (χ4v) is 5.67. The van der Waals surface area contributed by atoms with Crippen LogP contribution in [0.5, 0.6) is 0 Å². The number of urea groups is 1. The Hall–Kier alpha value is -2.66. The molecule has 0 aromatic carbocycles. The minimum atomic E-state index is -0.754. The first-order valence-electron chi connectivity index (χ1n) is 10.7. The van der Waals surface area contributed by atoms with Crippen molar-refractivity contribution in [3.8, 4) is 6.07 Å². The van der Waals surface area contributed by atoms with Crippen molar-refractivity contribution in [3.05, 3.63) is 23.9 Å². The molecule has 1 N–H and O–H groups in total. The van der Waals surface area contributed by atoms with E-state index < -0.39 is 5.54 Å². The summed E-state index contributed by atoms with van der Waals surface area (Å²) in [6.07, 6.45) is 4.16. The predicted molar refractivity (Wildman–Crippen MR) is 113 cm³/mol. The van der Waals surface area contributed by atoms with Crippen LogP contribution in [0.3, 0.4) is 0 Å². The lowest BCUT2D eigenvalue weighted by atomic mass is 9.64. The molecular formula is C22H30N6O2. The van der Waals surface area contributed by atoms with Gasteiger partial charge in [0.1, 0.15) is 17.4 Å². The van der Waals surface area contributed by atoms with E-state index in [1.165, 1.54) is 4.90 Å². The third-order valence-corrected chi connectivity index (χ3v) is 6.54. The minimum Gasteiger partial charge on any atom is -0.353 e. The maximum Gasteiger partial charge on any atom is 0.326 e. The summed E-state index contributed by atoms with van der Waals surface area (Å²) < 4.78 is 0. The van der Waals surface area contributed by atoms with E-state index >= 15 is 0 Å². The SMILES string of the molecule is CC1CC(C)(C)CC2(C1)NC(=O)N(CN1CCN(c3ncccc3C#N)CC1)C2=O. The van der Waals surface area contributed by atoms with Gasteiger partial charge >= 0.3 is 6.03 Å². The molecule has 1 aromatic rings. The number of rotatable bonds is 3. The van der Waals surface area contributed by atoms with Crippen molar-refractivity contribution < 1.29 is 9.59 Å². The summed E-state index contributed by atoms with van der Waals surface area (Å²) in [7, 11) is 0. The molecule has 2 saturated heterocycles. The molecule has 30 heavy (non-hydrogen) atoms. The first-order valence-corrected chi connectivity index (χ1v) is 10.7. The highest BCUT2D eigenvalue weighted by Gasteiger charge is 2.56. The fraction of sp³-hybridized carbons (Fsp3) is 0.636. The van der Waals surface area contributed by atoms with E-state index in [0.29, 0.717) is 63.0 Å². The summed E-state index contributed by atoms with van der Waals surface area (Å²) in [4.78, 5) is 36.0. The second kappa shape index (κ2) is 7.55. The fourth-order valence-electron chi connectivity index (χ4n) is 5.67. The van der Waals surface area contributed by atoms with E-state index in [-0.39, 0.29) is 17.4 Å². The zero-order valence-electron chi connectivity index (χ0n) is 18.0. The van der Waals surface area contributed by atoms with Crippen LogP contribution in [0, 0.1) is 22.7 Å². The average Bonchev–Trinajstić information content (AvgIpc) is 2.90. The van der Waals surface area contributed by atoms with Gasteiger partial charge in [-0.05, 0) is 42.7 Å². The highest BCUT2D eigenvalue weighted by Crippen LogP contribution is 2.46. The number of nitrogens with zero attached hydrogens (tertiary/aromatic N) is 5. The lowest BCUT2D eigenvalue weighted by Crippen LogP contribution is -2.55. The van der Waals surface area contributed by atoms with E-state index in [1.807, 2.05) is 0 Å². The van der Waals surface area contributed by atoms with Gasteiger partial charge < -0.3 is 10.2 Å². The molecule has 3 amide bonds. The van der Waals surface area contributed by atoms with Gasteiger partial charge in [0, 0.05) is 32.4 Å². The number of aromatic nitrogens is 1. The Bertz CT molecular complexity index is 886. The number of piperazine rings is 1. The van der Waals surface area contributed by atoms with Crippen molar-refractivity contribution in [3.63, 3.8) is 0 Å². The van der Waals surface area contributed by atoms with E-state index in [2.05, 4.69) is 46.9 Å². The van der Waals surface area contributed by atoms with Crippen molar-refractivity contribution in [2.75, 3.05) is 37.7 Å². The molecule has 3 heterocycles.